The highest BCUT2D eigenvalue weighted by Gasteiger charge is 2.30. The average Bonchev–Trinajstić information content (AvgIpc) is 3.90. The highest BCUT2D eigenvalue weighted by atomic mass is 32.1. The number of rotatable bonds is 10. The Kier molecular flexibility index (Phi) is 14.5. The third kappa shape index (κ3) is 12.1. The molecule has 0 bridgehead atoms. The molecule has 1 fully saturated rings. The van der Waals surface area contributed by atoms with Gasteiger partial charge in [-0.15, -0.1) is 11.3 Å². The summed E-state index contributed by atoms with van der Waals surface area (Å²) in [4.78, 5) is 30.6. The zero-order valence-corrected chi connectivity index (χ0v) is 29.4. The van der Waals surface area contributed by atoms with Crippen LogP contribution in [-0.2, 0) is 12.7 Å². The van der Waals surface area contributed by atoms with Gasteiger partial charge in [-0.2, -0.15) is 13.2 Å². The van der Waals surface area contributed by atoms with Gasteiger partial charge in [0.05, 0.1) is 11.6 Å². The van der Waals surface area contributed by atoms with Gasteiger partial charge in [0.15, 0.2) is 0 Å². The van der Waals surface area contributed by atoms with Crippen molar-refractivity contribution < 1.29 is 22.8 Å². The first-order valence-electron chi connectivity index (χ1n) is 16.6. The summed E-state index contributed by atoms with van der Waals surface area (Å²) in [6.45, 7) is 6.59. The lowest BCUT2D eigenvalue weighted by molar-refractivity contribution is -0.137. The van der Waals surface area contributed by atoms with Crippen LogP contribution in [0.4, 0.5) is 13.2 Å². The lowest BCUT2D eigenvalue weighted by atomic mass is 10.1. The molecule has 3 heterocycles. The molecule has 2 aromatic heterocycles. The number of aryl methyl sites for hydroxylation is 2. The summed E-state index contributed by atoms with van der Waals surface area (Å²) in [6.07, 6.45) is 3.18. The molecule has 5 aromatic rings. The number of carbonyl (C=O) groups excluding carboxylic acids is 2. The van der Waals surface area contributed by atoms with Crippen molar-refractivity contribution in [3.63, 3.8) is 0 Å². The van der Waals surface area contributed by atoms with Crippen LogP contribution in [0, 0.1) is 13.8 Å². The number of alkyl halides is 3. The summed E-state index contributed by atoms with van der Waals surface area (Å²) in [6, 6.07) is 24.7. The maximum absolute atomic E-state index is 12.7. The maximum Gasteiger partial charge on any atom is 0.416 e. The minimum atomic E-state index is -4.36. The van der Waals surface area contributed by atoms with E-state index in [0.717, 1.165) is 17.8 Å². The Morgan fingerprint density at radius 2 is 1.74 bits per heavy atom. The van der Waals surface area contributed by atoms with E-state index in [1.165, 1.54) is 42.1 Å². The monoisotopic (exact) mass is 703 g/mol. The fourth-order valence-electron chi connectivity index (χ4n) is 5.38. The first-order chi connectivity index (χ1) is 24.0. The smallest absolute Gasteiger partial charge is 0.352 e. The van der Waals surface area contributed by atoms with Crippen LogP contribution in [0.3, 0.4) is 0 Å². The Labute approximate surface area is 296 Å². The van der Waals surface area contributed by atoms with Crippen LogP contribution in [-0.4, -0.2) is 53.3 Å². The van der Waals surface area contributed by atoms with Gasteiger partial charge in [-0.05, 0) is 95.2 Å². The van der Waals surface area contributed by atoms with Gasteiger partial charge < -0.3 is 15.2 Å². The van der Waals surface area contributed by atoms with Crippen LogP contribution < -0.4 is 10.6 Å². The lowest BCUT2D eigenvalue weighted by Crippen LogP contribution is -2.27. The molecule has 0 spiro atoms. The molecule has 50 heavy (non-hydrogen) atoms. The summed E-state index contributed by atoms with van der Waals surface area (Å²) >= 11 is 1.80. The number of benzene rings is 3. The standard InChI is InChI=1S/C23H22F3N3O2.C9H14N2S.C7H8/c24-23(25,26)20-6-3-5-17(12-20)15-27-7-4-8-28-22(31)19-11-18(16-30)13-21(14-19)29-9-1-2-10-29;1-7-6-12-9(10-7)8-4-3-5-11(8)2;1-7-5-3-2-4-6-7/h1-3,5-6,9-14,16,27H,4,7-8,15H2,(H,28,31);6,8H,3-5H2,1-2H3;2-6H,1H3. The molecule has 3 aromatic carbocycles. The third-order valence-corrected chi connectivity index (χ3v) is 9.09. The molecule has 1 unspecified atom stereocenters. The predicted molar refractivity (Wildman–Crippen MR) is 194 cm³/mol. The highest BCUT2D eigenvalue weighted by molar-refractivity contribution is 7.09. The zero-order chi connectivity index (χ0) is 35.9. The number of thiazole rings is 1. The zero-order valence-electron chi connectivity index (χ0n) is 28.6. The van der Waals surface area contributed by atoms with E-state index in [1.54, 1.807) is 29.5 Å². The van der Waals surface area contributed by atoms with Gasteiger partial charge in [0.2, 0.25) is 0 Å². The molecule has 1 saturated heterocycles. The Morgan fingerprint density at radius 3 is 2.34 bits per heavy atom. The molecular weight excluding hydrogens is 660 g/mol. The molecule has 6 rings (SSSR count). The van der Waals surface area contributed by atoms with Crippen molar-refractivity contribution in [3.05, 3.63) is 141 Å². The largest absolute Gasteiger partial charge is 0.416 e. The highest BCUT2D eigenvalue weighted by Crippen LogP contribution is 2.32. The number of amides is 1. The molecule has 264 valence electrons. The third-order valence-electron chi connectivity index (χ3n) is 8.02. The fraction of sp³-hybridized carbons (Fsp3) is 0.308. The Bertz CT molecular complexity index is 1770. The molecule has 1 aliphatic heterocycles. The van der Waals surface area contributed by atoms with Gasteiger partial charge in [0.1, 0.15) is 11.3 Å². The normalized spacial score (nSPS) is 14.2. The Morgan fingerprint density at radius 1 is 0.980 bits per heavy atom. The molecule has 0 aliphatic carbocycles. The molecule has 1 aliphatic rings. The SMILES string of the molecule is Cc1ccccc1.Cc1csc(C2CCCN2C)n1.O=Cc1cc(C(=O)NCCCNCc2cccc(C(F)(F)F)c2)cc(-n2cccc2)c1. The Balaban J connectivity index is 0.000000238. The number of aldehydes is 1. The first-order valence-corrected chi connectivity index (χ1v) is 17.4. The summed E-state index contributed by atoms with van der Waals surface area (Å²) < 4.78 is 40.0. The van der Waals surface area contributed by atoms with Gasteiger partial charge in [-0.3, -0.25) is 14.5 Å². The van der Waals surface area contributed by atoms with E-state index < -0.39 is 11.7 Å². The average molecular weight is 704 g/mol. The molecule has 0 saturated carbocycles. The van der Waals surface area contributed by atoms with Crippen LogP contribution in [0.1, 0.15) is 73.4 Å². The van der Waals surface area contributed by atoms with Crippen LogP contribution in [0.5, 0.6) is 0 Å². The van der Waals surface area contributed by atoms with Crippen molar-refractivity contribution in [2.45, 2.75) is 51.9 Å². The number of carbonyl (C=O) groups is 2. The lowest BCUT2D eigenvalue weighted by Gasteiger charge is -2.16. The minimum Gasteiger partial charge on any atom is -0.352 e. The van der Waals surface area contributed by atoms with Crippen LogP contribution in [0.2, 0.25) is 0 Å². The van der Waals surface area contributed by atoms with E-state index in [9.17, 15) is 22.8 Å². The quantitative estimate of drug-likeness (QED) is 0.113. The fourth-order valence-corrected chi connectivity index (χ4v) is 6.37. The summed E-state index contributed by atoms with van der Waals surface area (Å²) in [5.41, 5.74) is 3.85. The number of hydrogen-bond acceptors (Lipinski definition) is 6. The van der Waals surface area contributed by atoms with E-state index in [-0.39, 0.29) is 5.91 Å². The molecule has 2 N–H and O–H groups in total. The van der Waals surface area contributed by atoms with Crippen molar-refractivity contribution in [2.75, 3.05) is 26.7 Å². The van der Waals surface area contributed by atoms with Crippen molar-refractivity contribution >= 4 is 23.5 Å². The number of aromatic nitrogens is 2. The van der Waals surface area contributed by atoms with Gasteiger partial charge >= 0.3 is 6.18 Å². The Hall–Kier alpha value is -4.58. The van der Waals surface area contributed by atoms with E-state index in [2.05, 4.69) is 58.9 Å². The number of likely N-dealkylation sites (tertiary alicyclic amines) is 1. The maximum atomic E-state index is 12.7. The first kappa shape index (κ1) is 38.2. The van der Waals surface area contributed by atoms with Crippen LogP contribution >= 0.6 is 11.3 Å². The minimum absolute atomic E-state index is 0.296. The van der Waals surface area contributed by atoms with E-state index >= 15 is 0 Å². The van der Waals surface area contributed by atoms with Gasteiger partial charge in [-0.1, -0.05) is 54.1 Å². The molecule has 7 nitrogen and oxygen atoms in total. The van der Waals surface area contributed by atoms with Crippen molar-refractivity contribution in [3.8, 4) is 5.69 Å². The summed E-state index contributed by atoms with van der Waals surface area (Å²) in [5, 5.41) is 9.31. The van der Waals surface area contributed by atoms with E-state index in [4.69, 9.17) is 0 Å². The number of nitrogens with one attached hydrogen (secondary N) is 2. The van der Waals surface area contributed by atoms with E-state index in [0.29, 0.717) is 60.8 Å². The second-order valence-corrected chi connectivity index (χ2v) is 13.0. The van der Waals surface area contributed by atoms with Crippen molar-refractivity contribution in [1.29, 1.82) is 0 Å². The van der Waals surface area contributed by atoms with Crippen LogP contribution in [0.15, 0.2) is 103 Å². The molecule has 1 amide bonds. The van der Waals surface area contributed by atoms with E-state index in [1.807, 2.05) is 47.3 Å². The second kappa shape index (κ2) is 19.0. The van der Waals surface area contributed by atoms with Crippen molar-refractivity contribution in [2.24, 2.45) is 0 Å². The molecular formula is C39H44F3N5O2S. The number of nitrogens with zero attached hydrogens (tertiary/aromatic N) is 3. The van der Waals surface area contributed by atoms with Gasteiger partial charge in [-0.25, -0.2) is 4.98 Å². The molecule has 1 atom stereocenters. The molecule has 11 heteroatoms. The summed E-state index contributed by atoms with van der Waals surface area (Å²) in [7, 11) is 2.19. The van der Waals surface area contributed by atoms with Crippen LogP contribution in [0.25, 0.3) is 5.69 Å². The van der Waals surface area contributed by atoms with Gasteiger partial charge in [0.25, 0.3) is 5.91 Å². The molecule has 0 radical (unpaired) electrons. The van der Waals surface area contributed by atoms with Crippen molar-refractivity contribution in [1.82, 2.24) is 25.1 Å². The number of halogens is 3. The van der Waals surface area contributed by atoms with Gasteiger partial charge in [0, 0.05) is 53.4 Å². The topological polar surface area (TPSA) is 79.3 Å². The second-order valence-electron chi connectivity index (χ2n) is 12.1. The summed E-state index contributed by atoms with van der Waals surface area (Å²) in [5.74, 6) is -0.296. The number of hydrogen-bond donors (Lipinski definition) is 2. The predicted octanol–water partition coefficient (Wildman–Crippen LogP) is 8.43.